The van der Waals surface area contributed by atoms with Crippen molar-refractivity contribution in [3.63, 3.8) is 0 Å². The third-order valence-corrected chi connectivity index (χ3v) is 3.85. The maximum absolute atomic E-state index is 5.59. The van der Waals surface area contributed by atoms with Crippen LogP contribution >= 0.6 is 0 Å². The zero-order chi connectivity index (χ0) is 10.6. The summed E-state index contributed by atoms with van der Waals surface area (Å²) in [6.45, 7) is 10.6. The molecule has 1 aromatic rings. The maximum Gasteiger partial charge on any atom is 0.123 e. The van der Waals surface area contributed by atoms with Gasteiger partial charge in [-0.2, -0.15) is 0 Å². The summed E-state index contributed by atoms with van der Waals surface area (Å²) in [5, 5.41) is 0. The predicted molar refractivity (Wildman–Crippen MR) is 61.1 cm³/mol. The van der Waals surface area contributed by atoms with Crippen LogP contribution in [0.4, 0.5) is 0 Å². The molecule has 0 fully saturated rings. The minimum Gasteiger partial charge on any atom is -0.361 e. The van der Waals surface area contributed by atoms with Crippen molar-refractivity contribution in [3.8, 4) is 0 Å². The van der Waals surface area contributed by atoms with E-state index >= 15 is 0 Å². The van der Waals surface area contributed by atoms with E-state index in [2.05, 4.69) is 24.6 Å². The third kappa shape index (κ3) is 4.06. The quantitative estimate of drug-likeness (QED) is 0.554. The topological polar surface area (TPSA) is 27.1 Å². The Morgan fingerprint density at radius 3 is 2.64 bits per heavy atom. The van der Waals surface area contributed by atoms with E-state index in [1.54, 1.807) is 0 Å². The Morgan fingerprint density at radius 2 is 2.14 bits per heavy atom. The van der Waals surface area contributed by atoms with E-state index in [4.69, 9.17) is 4.74 Å². The van der Waals surface area contributed by atoms with Gasteiger partial charge in [0, 0.05) is 26.6 Å². The first-order valence-electron chi connectivity index (χ1n) is 5.03. The van der Waals surface area contributed by atoms with Gasteiger partial charge in [0.15, 0.2) is 0 Å². The smallest absolute Gasteiger partial charge is 0.123 e. The van der Waals surface area contributed by atoms with Crippen LogP contribution in [0.15, 0.2) is 12.5 Å². The molecule has 0 aliphatic heterocycles. The number of aromatic nitrogens is 2. The average Bonchev–Trinajstić information content (AvgIpc) is 2.44. The van der Waals surface area contributed by atoms with Crippen LogP contribution in [-0.2, 0) is 11.5 Å². The summed E-state index contributed by atoms with van der Waals surface area (Å²) in [5.74, 6) is 0. The number of aryl methyl sites for hydroxylation is 1. The van der Waals surface area contributed by atoms with Crippen LogP contribution in [-0.4, -0.2) is 24.2 Å². The van der Waals surface area contributed by atoms with Gasteiger partial charge in [-0.05, 0) is 13.0 Å². The van der Waals surface area contributed by atoms with Crippen molar-refractivity contribution in [2.45, 2.75) is 39.3 Å². The van der Waals surface area contributed by atoms with Gasteiger partial charge in [-0.3, -0.25) is 0 Å². The van der Waals surface area contributed by atoms with E-state index in [0.29, 0.717) is 6.73 Å². The van der Waals surface area contributed by atoms with Gasteiger partial charge >= 0.3 is 0 Å². The van der Waals surface area contributed by atoms with Gasteiger partial charge in [-0.25, -0.2) is 4.98 Å². The summed E-state index contributed by atoms with van der Waals surface area (Å²) in [6, 6.07) is 1.22. The number of rotatable bonds is 5. The monoisotopic (exact) mass is 212 g/mol. The summed E-state index contributed by atoms with van der Waals surface area (Å²) in [6.07, 6.45) is 3.66. The molecule has 1 heterocycles. The van der Waals surface area contributed by atoms with Gasteiger partial charge < -0.3 is 9.30 Å². The lowest BCUT2D eigenvalue weighted by atomic mass is 10.5. The minimum absolute atomic E-state index is 0.635. The highest BCUT2D eigenvalue weighted by Crippen LogP contribution is 2.08. The molecule has 0 aliphatic carbocycles. The average molecular weight is 212 g/mol. The molecule has 3 nitrogen and oxygen atoms in total. The summed E-state index contributed by atoms with van der Waals surface area (Å²) < 4.78 is 7.61. The Kier molecular flexibility index (Phi) is 3.89. The molecule has 1 aromatic heterocycles. The molecular weight excluding hydrogens is 192 g/mol. The summed E-state index contributed by atoms with van der Waals surface area (Å²) >= 11 is 0. The largest absolute Gasteiger partial charge is 0.361 e. The molecular formula is C10H20N2OSi. The fourth-order valence-electron chi connectivity index (χ4n) is 1.06. The standard InChI is InChI=1S/C10H20N2OSi/c1-10-7-11-8-12(10)9-13-5-6-14(2,3)4/h7-8H,5-6,9H2,1-4H3. The first kappa shape index (κ1) is 11.5. The van der Waals surface area contributed by atoms with Crippen molar-refractivity contribution in [1.29, 1.82) is 0 Å². The Bertz CT molecular complexity index is 278. The lowest BCUT2D eigenvalue weighted by Crippen LogP contribution is -2.22. The first-order valence-corrected chi connectivity index (χ1v) is 8.74. The number of hydrogen-bond acceptors (Lipinski definition) is 2. The number of ether oxygens (including phenoxy) is 1. The van der Waals surface area contributed by atoms with Crippen molar-refractivity contribution < 1.29 is 4.74 Å². The molecule has 0 unspecified atom stereocenters. The first-order chi connectivity index (χ1) is 6.49. The zero-order valence-corrected chi connectivity index (χ0v) is 10.6. The zero-order valence-electron chi connectivity index (χ0n) is 9.58. The normalized spacial score (nSPS) is 12.0. The van der Waals surface area contributed by atoms with Crippen LogP contribution in [0.25, 0.3) is 0 Å². The van der Waals surface area contributed by atoms with Crippen LogP contribution in [0, 0.1) is 6.92 Å². The van der Waals surface area contributed by atoms with Crippen LogP contribution < -0.4 is 0 Å². The lowest BCUT2D eigenvalue weighted by Gasteiger charge is -2.15. The Balaban J connectivity index is 2.20. The lowest BCUT2D eigenvalue weighted by molar-refractivity contribution is 0.0859. The molecule has 4 heteroatoms. The molecule has 1 rings (SSSR count). The molecule has 0 spiro atoms. The Labute approximate surface area is 87.1 Å². The van der Waals surface area contributed by atoms with E-state index in [1.807, 2.05) is 24.0 Å². The fourth-order valence-corrected chi connectivity index (χ4v) is 1.82. The van der Waals surface area contributed by atoms with Crippen molar-refractivity contribution in [3.05, 3.63) is 18.2 Å². The van der Waals surface area contributed by atoms with Gasteiger partial charge in [0.05, 0.1) is 6.33 Å². The Morgan fingerprint density at radius 1 is 1.43 bits per heavy atom. The Hall–Kier alpha value is -0.613. The van der Waals surface area contributed by atoms with Crippen molar-refractivity contribution in [2.24, 2.45) is 0 Å². The minimum atomic E-state index is -0.943. The summed E-state index contributed by atoms with van der Waals surface area (Å²) in [5.41, 5.74) is 1.15. The molecule has 0 amide bonds. The van der Waals surface area contributed by atoms with E-state index in [9.17, 15) is 0 Å². The third-order valence-electron chi connectivity index (χ3n) is 2.15. The molecule has 80 valence electrons. The van der Waals surface area contributed by atoms with Crippen LogP contribution in [0.2, 0.25) is 25.7 Å². The second-order valence-electron chi connectivity index (χ2n) is 4.85. The van der Waals surface area contributed by atoms with Crippen LogP contribution in [0.3, 0.4) is 0 Å². The van der Waals surface area contributed by atoms with Gasteiger partial charge in [-0.1, -0.05) is 19.6 Å². The van der Waals surface area contributed by atoms with Crippen molar-refractivity contribution in [1.82, 2.24) is 9.55 Å². The molecule has 0 aliphatic rings. The van der Waals surface area contributed by atoms with Crippen LogP contribution in [0.5, 0.6) is 0 Å². The maximum atomic E-state index is 5.59. The highest BCUT2D eigenvalue weighted by Gasteiger charge is 2.11. The van der Waals surface area contributed by atoms with Gasteiger partial charge in [0.1, 0.15) is 6.73 Å². The van der Waals surface area contributed by atoms with Gasteiger partial charge in [0.2, 0.25) is 0 Å². The molecule has 0 atom stereocenters. The van der Waals surface area contributed by atoms with E-state index in [1.165, 1.54) is 6.04 Å². The van der Waals surface area contributed by atoms with Crippen molar-refractivity contribution >= 4 is 8.07 Å². The molecule has 0 radical (unpaired) electrons. The van der Waals surface area contributed by atoms with E-state index in [0.717, 1.165) is 12.3 Å². The molecule has 14 heavy (non-hydrogen) atoms. The number of hydrogen-bond donors (Lipinski definition) is 0. The molecule has 0 bridgehead atoms. The predicted octanol–water partition coefficient (Wildman–Crippen LogP) is 2.50. The highest BCUT2D eigenvalue weighted by molar-refractivity contribution is 6.76. The number of nitrogens with zero attached hydrogens (tertiary/aromatic N) is 2. The molecule has 0 saturated heterocycles. The van der Waals surface area contributed by atoms with Gasteiger partial charge in [0.25, 0.3) is 0 Å². The van der Waals surface area contributed by atoms with Crippen molar-refractivity contribution in [2.75, 3.05) is 6.61 Å². The number of imidazole rings is 1. The second kappa shape index (κ2) is 4.75. The molecule has 0 aromatic carbocycles. The van der Waals surface area contributed by atoms with E-state index in [-0.39, 0.29) is 0 Å². The van der Waals surface area contributed by atoms with Gasteiger partial charge in [-0.15, -0.1) is 0 Å². The van der Waals surface area contributed by atoms with Crippen LogP contribution in [0.1, 0.15) is 5.69 Å². The fraction of sp³-hybridized carbons (Fsp3) is 0.700. The highest BCUT2D eigenvalue weighted by atomic mass is 28.3. The van der Waals surface area contributed by atoms with E-state index < -0.39 is 8.07 Å². The molecule has 0 N–H and O–H groups in total. The SMILES string of the molecule is Cc1cncn1COCC[Si](C)(C)C. The molecule has 0 saturated carbocycles. The summed E-state index contributed by atoms with van der Waals surface area (Å²) in [7, 11) is -0.943. The summed E-state index contributed by atoms with van der Waals surface area (Å²) in [4.78, 5) is 4.04. The second-order valence-corrected chi connectivity index (χ2v) is 10.5.